The van der Waals surface area contributed by atoms with E-state index in [1.165, 1.54) is 0 Å². The van der Waals surface area contributed by atoms with Gasteiger partial charge in [0.1, 0.15) is 0 Å². The van der Waals surface area contributed by atoms with Crippen LogP contribution in [0.3, 0.4) is 0 Å². The van der Waals surface area contributed by atoms with Crippen molar-refractivity contribution in [2.24, 2.45) is 5.92 Å². The summed E-state index contributed by atoms with van der Waals surface area (Å²) >= 11 is 0. The zero-order chi connectivity index (χ0) is 9.07. The van der Waals surface area contributed by atoms with Crippen molar-refractivity contribution in [3.05, 3.63) is 0 Å². The van der Waals surface area contributed by atoms with Gasteiger partial charge in [-0.05, 0) is 26.7 Å². The van der Waals surface area contributed by atoms with Crippen LogP contribution in [0.4, 0.5) is 0 Å². The van der Waals surface area contributed by atoms with Crippen LogP contribution in [0.5, 0.6) is 0 Å². The molecule has 0 saturated carbocycles. The molecule has 2 N–H and O–H groups in total. The number of aliphatic carboxylic acids is 1. The lowest BCUT2D eigenvalue weighted by Crippen LogP contribution is -2.27. The maximum Gasteiger partial charge on any atom is 0.306 e. The third-order valence-electron chi connectivity index (χ3n) is 1.59. The number of aliphatic hydroxyl groups is 1. The van der Waals surface area contributed by atoms with Crippen LogP contribution in [0.1, 0.15) is 33.6 Å². The summed E-state index contributed by atoms with van der Waals surface area (Å²) in [5.74, 6) is -1.25. The van der Waals surface area contributed by atoms with Gasteiger partial charge < -0.3 is 10.2 Å². The van der Waals surface area contributed by atoms with E-state index in [9.17, 15) is 9.90 Å². The van der Waals surface area contributed by atoms with Gasteiger partial charge in [0.2, 0.25) is 0 Å². The lowest BCUT2D eigenvalue weighted by atomic mass is 9.92. The first-order valence-corrected chi connectivity index (χ1v) is 3.82. The van der Waals surface area contributed by atoms with Gasteiger partial charge in [0.25, 0.3) is 0 Å². The molecule has 0 aromatic carbocycles. The molecule has 0 aromatic heterocycles. The Morgan fingerprint density at radius 3 is 2.09 bits per heavy atom. The first-order chi connectivity index (χ1) is 4.87. The molecule has 0 aliphatic carbocycles. The van der Waals surface area contributed by atoms with E-state index in [1.807, 2.05) is 6.92 Å². The van der Waals surface area contributed by atoms with Crippen LogP contribution in [0.2, 0.25) is 0 Å². The van der Waals surface area contributed by atoms with Crippen LogP contribution < -0.4 is 0 Å². The summed E-state index contributed by atoms with van der Waals surface area (Å²) in [6.45, 7) is 5.06. The van der Waals surface area contributed by atoms with E-state index in [0.717, 1.165) is 0 Å². The minimum Gasteiger partial charge on any atom is -0.481 e. The van der Waals surface area contributed by atoms with Crippen molar-refractivity contribution in [2.45, 2.75) is 39.2 Å². The van der Waals surface area contributed by atoms with Crippen molar-refractivity contribution in [3.63, 3.8) is 0 Å². The third-order valence-corrected chi connectivity index (χ3v) is 1.59. The molecular weight excluding hydrogens is 144 g/mol. The van der Waals surface area contributed by atoms with Gasteiger partial charge in [0.15, 0.2) is 0 Å². The normalized spacial score (nSPS) is 14.5. The molecule has 0 rings (SSSR count). The average molecular weight is 160 g/mol. The minimum absolute atomic E-state index is 0.318. The Morgan fingerprint density at radius 2 is 2.00 bits per heavy atom. The fourth-order valence-corrected chi connectivity index (χ4v) is 1.01. The number of hydrogen-bond donors (Lipinski definition) is 2. The smallest absolute Gasteiger partial charge is 0.306 e. The van der Waals surface area contributed by atoms with Gasteiger partial charge in [-0.15, -0.1) is 0 Å². The van der Waals surface area contributed by atoms with Crippen LogP contribution in [0.25, 0.3) is 0 Å². The monoisotopic (exact) mass is 160 g/mol. The van der Waals surface area contributed by atoms with E-state index < -0.39 is 17.5 Å². The van der Waals surface area contributed by atoms with Crippen molar-refractivity contribution >= 4 is 5.97 Å². The maximum atomic E-state index is 10.5. The number of carbonyl (C=O) groups is 1. The molecule has 0 amide bonds. The minimum atomic E-state index is -0.876. The van der Waals surface area contributed by atoms with Crippen molar-refractivity contribution in [3.8, 4) is 0 Å². The van der Waals surface area contributed by atoms with Gasteiger partial charge in [-0.1, -0.05) is 6.92 Å². The van der Waals surface area contributed by atoms with Crippen molar-refractivity contribution in [1.82, 2.24) is 0 Å². The molecule has 3 heteroatoms. The highest BCUT2D eigenvalue weighted by Gasteiger charge is 2.23. The Balaban J connectivity index is 3.99. The fraction of sp³-hybridized carbons (Fsp3) is 0.875. The quantitative estimate of drug-likeness (QED) is 0.651. The lowest BCUT2D eigenvalue weighted by molar-refractivity contribution is -0.144. The molecule has 3 nitrogen and oxygen atoms in total. The second-order valence-electron chi connectivity index (χ2n) is 3.46. The molecule has 1 unspecified atom stereocenters. The molecule has 1 atom stereocenters. The highest BCUT2D eigenvalue weighted by Crippen LogP contribution is 2.18. The molecule has 0 spiro atoms. The first kappa shape index (κ1) is 10.4. The average Bonchev–Trinajstić information content (AvgIpc) is 1.80. The lowest BCUT2D eigenvalue weighted by Gasteiger charge is -2.20. The Bertz CT molecular complexity index is 135. The summed E-state index contributed by atoms with van der Waals surface area (Å²) in [6, 6.07) is 0. The van der Waals surface area contributed by atoms with E-state index in [0.29, 0.717) is 12.8 Å². The van der Waals surface area contributed by atoms with Crippen LogP contribution >= 0.6 is 0 Å². The molecule has 0 aliphatic rings. The number of rotatable bonds is 4. The number of carboxylic acids is 1. The largest absolute Gasteiger partial charge is 0.481 e. The Labute approximate surface area is 67.0 Å². The van der Waals surface area contributed by atoms with Gasteiger partial charge in [-0.2, -0.15) is 0 Å². The van der Waals surface area contributed by atoms with Gasteiger partial charge in [0.05, 0.1) is 11.5 Å². The molecule has 11 heavy (non-hydrogen) atoms. The van der Waals surface area contributed by atoms with Crippen molar-refractivity contribution < 1.29 is 15.0 Å². The fourth-order valence-electron chi connectivity index (χ4n) is 1.01. The van der Waals surface area contributed by atoms with Crippen molar-refractivity contribution in [2.75, 3.05) is 0 Å². The van der Waals surface area contributed by atoms with Crippen LogP contribution in [0, 0.1) is 5.92 Å². The molecule has 0 radical (unpaired) electrons. The predicted octanol–water partition coefficient (Wildman–Crippen LogP) is 1.26. The second kappa shape index (κ2) is 3.72. The highest BCUT2D eigenvalue weighted by molar-refractivity contribution is 5.69. The predicted molar refractivity (Wildman–Crippen MR) is 42.3 cm³/mol. The zero-order valence-electron chi connectivity index (χ0n) is 7.29. The molecule has 66 valence electrons. The number of hydrogen-bond acceptors (Lipinski definition) is 2. The SMILES string of the molecule is CCC(CC(C)(C)O)C(=O)O. The maximum absolute atomic E-state index is 10.5. The molecule has 0 aliphatic heterocycles. The first-order valence-electron chi connectivity index (χ1n) is 3.82. The number of carboxylic acid groups (broad SMARTS) is 1. The van der Waals surface area contributed by atoms with E-state index >= 15 is 0 Å². The topological polar surface area (TPSA) is 57.5 Å². The second-order valence-corrected chi connectivity index (χ2v) is 3.46. The Morgan fingerprint density at radius 1 is 1.55 bits per heavy atom. The third kappa shape index (κ3) is 4.79. The van der Waals surface area contributed by atoms with E-state index in [1.54, 1.807) is 13.8 Å². The van der Waals surface area contributed by atoms with Gasteiger partial charge in [-0.25, -0.2) is 0 Å². The summed E-state index contributed by atoms with van der Waals surface area (Å²) in [7, 11) is 0. The molecule has 0 heterocycles. The summed E-state index contributed by atoms with van der Waals surface area (Å²) < 4.78 is 0. The molecule has 0 bridgehead atoms. The summed E-state index contributed by atoms with van der Waals surface area (Å²) in [5, 5.41) is 17.9. The van der Waals surface area contributed by atoms with Crippen LogP contribution in [0.15, 0.2) is 0 Å². The summed E-state index contributed by atoms with van der Waals surface area (Å²) in [5.41, 5.74) is -0.876. The Kier molecular flexibility index (Phi) is 3.52. The summed E-state index contributed by atoms with van der Waals surface area (Å²) in [6.07, 6.45) is 0.887. The molecule has 0 fully saturated rings. The van der Waals surface area contributed by atoms with Gasteiger partial charge in [0, 0.05) is 0 Å². The van der Waals surface area contributed by atoms with Crippen molar-refractivity contribution in [1.29, 1.82) is 0 Å². The van der Waals surface area contributed by atoms with Gasteiger partial charge in [-0.3, -0.25) is 4.79 Å². The van der Waals surface area contributed by atoms with E-state index in [2.05, 4.69) is 0 Å². The van der Waals surface area contributed by atoms with E-state index in [-0.39, 0.29) is 0 Å². The molecule has 0 saturated heterocycles. The zero-order valence-corrected chi connectivity index (χ0v) is 7.29. The van der Waals surface area contributed by atoms with Crippen LogP contribution in [-0.4, -0.2) is 21.8 Å². The molecular formula is C8H16O3. The van der Waals surface area contributed by atoms with Crippen LogP contribution in [-0.2, 0) is 4.79 Å². The molecule has 0 aromatic rings. The highest BCUT2D eigenvalue weighted by atomic mass is 16.4. The van der Waals surface area contributed by atoms with Gasteiger partial charge >= 0.3 is 5.97 Å². The standard InChI is InChI=1S/C8H16O3/c1-4-6(7(9)10)5-8(2,3)11/h6,11H,4-5H2,1-3H3,(H,9,10). The van der Waals surface area contributed by atoms with E-state index in [4.69, 9.17) is 5.11 Å². The summed E-state index contributed by atoms with van der Waals surface area (Å²) in [4.78, 5) is 10.5. The Hall–Kier alpha value is -0.570.